The molecule has 1 aromatic heterocycles. The van der Waals surface area contributed by atoms with Gasteiger partial charge in [-0.15, -0.1) is 0 Å². The summed E-state index contributed by atoms with van der Waals surface area (Å²) in [6.45, 7) is 0. The van der Waals surface area contributed by atoms with Crippen LogP contribution in [0.25, 0.3) is 10.9 Å². The Morgan fingerprint density at radius 1 is 0.879 bits per heavy atom. The molecular formula is C25H22N4O4. The van der Waals surface area contributed by atoms with Crippen molar-refractivity contribution in [2.45, 2.75) is 0 Å². The lowest BCUT2D eigenvalue weighted by atomic mass is 10.1. The maximum Gasteiger partial charge on any atom is 0.323 e. The average Bonchev–Trinajstić information content (AvgIpc) is 2.83. The van der Waals surface area contributed by atoms with Crippen LogP contribution in [0.2, 0.25) is 0 Å². The van der Waals surface area contributed by atoms with Crippen LogP contribution >= 0.6 is 0 Å². The number of carbonyl (C=O) groups excluding carboxylic acids is 2. The smallest absolute Gasteiger partial charge is 0.323 e. The third-order valence-electron chi connectivity index (χ3n) is 5.32. The van der Waals surface area contributed by atoms with Gasteiger partial charge in [-0.05, 0) is 42.5 Å². The highest BCUT2D eigenvalue weighted by atomic mass is 16.3. The Balaban J connectivity index is 1.70. The highest BCUT2D eigenvalue weighted by molar-refractivity contribution is 6.10. The number of carbonyl (C=O) groups is 2. The lowest BCUT2D eigenvalue weighted by Gasteiger charge is -2.19. The van der Waals surface area contributed by atoms with E-state index in [4.69, 9.17) is 0 Å². The molecule has 166 valence electrons. The zero-order valence-corrected chi connectivity index (χ0v) is 18.1. The Bertz CT molecular complexity index is 1400. The Labute approximate surface area is 189 Å². The van der Waals surface area contributed by atoms with Crippen molar-refractivity contribution in [3.05, 3.63) is 94.8 Å². The average molecular weight is 442 g/mol. The summed E-state index contributed by atoms with van der Waals surface area (Å²) in [7, 11) is 3.06. The second kappa shape index (κ2) is 8.88. The Kier molecular flexibility index (Phi) is 5.82. The third kappa shape index (κ3) is 4.27. The van der Waals surface area contributed by atoms with Gasteiger partial charge in [-0.3, -0.25) is 9.59 Å². The minimum absolute atomic E-state index is 0.263. The molecule has 0 spiro atoms. The minimum atomic E-state index is -0.638. The first-order chi connectivity index (χ1) is 15.9. The second-order valence-corrected chi connectivity index (χ2v) is 7.46. The molecular weight excluding hydrogens is 420 g/mol. The predicted octanol–water partition coefficient (Wildman–Crippen LogP) is 4.16. The Morgan fingerprint density at radius 3 is 2.15 bits per heavy atom. The summed E-state index contributed by atoms with van der Waals surface area (Å²) in [5.41, 5.74) is 1.05. The summed E-state index contributed by atoms with van der Waals surface area (Å²) < 4.78 is 1.30. The fourth-order valence-electron chi connectivity index (χ4n) is 3.55. The molecule has 1 heterocycles. The third-order valence-corrected chi connectivity index (χ3v) is 5.32. The molecule has 3 N–H and O–H groups in total. The predicted molar refractivity (Wildman–Crippen MR) is 129 cm³/mol. The highest BCUT2D eigenvalue weighted by Gasteiger charge is 2.25. The van der Waals surface area contributed by atoms with Crippen LogP contribution in [0.4, 0.5) is 21.9 Å². The number of urea groups is 1. The van der Waals surface area contributed by atoms with Gasteiger partial charge in [0.2, 0.25) is 0 Å². The van der Waals surface area contributed by atoms with Gasteiger partial charge in [-0.2, -0.15) is 0 Å². The topological polar surface area (TPSA) is 104 Å². The number of anilines is 3. The maximum atomic E-state index is 13.1. The quantitative estimate of drug-likeness (QED) is 0.441. The minimum Gasteiger partial charge on any atom is -0.506 e. The van der Waals surface area contributed by atoms with Gasteiger partial charge in [-0.1, -0.05) is 36.4 Å². The highest BCUT2D eigenvalue weighted by Crippen LogP contribution is 2.30. The van der Waals surface area contributed by atoms with E-state index in [1.165, 1.54) is 29.6 Å². The number of aromatic nitrogens is 1. The summed E-state index contributed by atoms with van der Waals surface area (Å²) in [6, 6.07) is 22.0. The SMILES string of the molecule is CN(C(=O)c1c(O)c2cc(NC(=O)Nc3ccccc3)ccc2n(C)c1=O)c1ccccc1. The van der Waals surface area contributed by atoms with Gasteiger partial charge in [0, 0.05) is 36.5 Å². The van der Waals surface area contributed by atoms with E-state index in [-0.39, 0.29) is 10.9 Å². The summed E-state index contributed by atoms with van der Waals surface area (Å²) in [5, 5.41) is 16.6. The van der Waals surface area contributed by atoms with Crippen LogP contribution in [0.3, 0.4) is 0 Å². The molecule has 0 fully saturated rings. The van der Waals surface area contributed by atoms with Crippen LogP contribution in [-0.2, 0) is 7.05 Å². The number of nitrogens with one attached hydrogen (secondary N) is 2. The number of aryl methyl sites for hydroxylation is 1. The molecule has 4 rings (SSSR count). The van der Waals surface area contributed by atoms with Crippen molar-refractivity contribution in [3.63, 3.8) is 0 Å². The molecule has 0 aliphatic heterocycles. The molecule has 0 radical (unpaired) electrons. The van der Waals surface area contributed by atoms with Crippen LogP contribution in [0.15, 0.2) is 83.7 Å². The molecule has 3 aromatic carbocycles. The number of benzene rings is 3. The largest absolute Gasteiger partial charge is 0.506 e. The Morgan fingerprint density at radius 2 is 1.48 bits per heavy atom. The summed E-state index contributed by atoms with van der Waals surface area (Å²) in [4.78, 5) is 39.7. The number of pyridine rings is 1. The number of aromatic hydroxyl groups is 1. The van der Waals surface area contributed by atoms with E-state index in [0.717, 1.165) is 0 Å². The van der Waals surface area contributed by atoms with Gasteiger partial charge < -0.3 is 25.2 Å². The molecule has 0 saturated carbocycles. The van der Waals surface area contributed by atoms with Gasteiger partial charge in [-0.25, -0.2) is 4.79 Å². The van der Waals surface area contributed by atoms with E-state index in [1.807, 2.05) is 12.1 Å². The summed E-state index contributed by atoms with van der Waals surface area (Å²) in [5.74, 6) is -1.07. The first-order valence-electron chi connectivity index (χ1n) is 10.2. The molecule has 0 atom stereocenters. The fourth-order valence-corrected chi connectivity index (χ4v) is 3.55. The molecule has 0 aliphatic rings. The van der Waals surface area contributed by atoms with Gasteiger partial charge in [0.1, 0.15) is 11.3 Å². The fraction of sp³-hybridized carbons (Fsp3) is 0.0800. The number of fused-ring (bicyclic) bond motifs is 1. The molecule has 4 aromatic rings. The normalized spacial score (nSPS) is 10.6. The second-order valence-electron chi connectivity index (χ2n) is 7.46. The number of hydrogen-bond acceptors (Lipinski definition) is 4. The Hall–Kier alpha value is -4.59. The van der Waals surface area contributed by atoms with Crippen LogP contribution in [0, 0.1) is 0 Å². The van der Waals surface area contributed by atoms with E-state index >= 15 is 0 Å². The monoisotopic (exact) mass is 442 g/mol. The first kappa shape index (κ1) is 21.6. The van der Waals surface area contributed by atoms with Crippen LogP contribution in [0.1, 0.15) is 10.4 Å². The summed E-state index contributed by atoms with van der Waals surface area (Å²) >= 11 is 0. The van der Waals surface area contributed by atoms with Crippen LogP contribution < -0.4 is 21.1 Å². The molecule has 0 unspecified atom stereocenters. The van der Waals surface area contributed by atoms with Crippen molar-refractivity contribution in [1.29, 1.82) is 0 Å². The molecule has 3 amide bonds. The number of para-hydroxylation sites is 2. The molecule has 0 saturated heterocycles. The molecule has 0 bridgehead atoms. The van der Waals surface area contributed by atoms with Crippen molar-refractivity contribution in [2.75, 3.05) is 22.6 Å². The number of rotatable bonds is 4. The van der Waals surface area contributed by atoms with E-state index < -0.39 is 23.2 Å². The number of amides is 3. The van der Waals surface area contributed by atoms with Crippen molar-refractivity contribution in [3.8, 4) is 5.75 Å². The first-order valence-corrected chi connectivity index (χ1v) is 10.2. The molecule has 33 heavy (non-hydrogen) atoms. The standard InChI is InChI=1S/C25H22N4O4/c1-28(18-11-7-4-8-12-18)23(31)21-22(30)19-15-17(13-14-20(19)29(2)24(21)32)27-25(33)26-16-9-5-3-6-10-16/h3-15,30H,1-2H3,(H2,26,27,33). The van der Waals surface area contributed by atoms with Gasteiger partial charge in [0.25, 0.3) is 11.5 Å². The van der Waals surface area contributed by atoms with E-state index in [1.54, 1.807) is 60.7 Å². The van der Waals surface area contributed by atoms with Crippen LogP contribution in [0.5, 0.6) is 5.75 Å². The van der Waals surface area contributed by atoms with E-state index in [9.17, 15) is 19.5 Å². The van der Waals surface area contributed by atoms with Crippen molar-refractivity contribution in [2.24, 2.45) is 7.05 Å². The van der Waals surface area contributed by atoms with E-state index in [2.05, 4.69) is 10.6 Å². The van der Waals surface area contributed by atoms with Crippen molar-refractivity contribution < 1.29 is 14.7 Å². The lowest BCUT2D eigenvalue weighted by Crippen LogP contribution is -2.34. The maximum absolute atomic E-state index is 13.1. The van der Waals surface area contributed by atoms with Gasteiger partial charge >= 0.3 is 6.03 Å². The molecule has 8 nitrogen and oxygen atoms in total. The van der Waals surface area contributed by atoms with Gasteiger partial charge in [0.05, 0.1) is 5.52 Å². The van der Waals surface area contributed by atoms with E-state index in [0.29, 0.717) is 22.6 Å². The summed E-state index contributed by atoms with van der Waals surface area (Å²) in [6.07, 6.45) is 0. The number of hydrogen-bond donors (Lipinski definition) is 3. The number of nitrogens with zero attached hydrogens (tertiary/aromatic N) is 2. The zero-order valence-electron chi connectivity index (χ0n) is 18.1. The molecule has 8 heteroatoms. The van der Waals surface area contributed by atoms with Gasteiger partial charge in [0.15, 0.2) is 0 Å². The van der Waals surface area contributed by atoms with Crippen molar-refractivity contribution >= 4 is 39.9 Å². The van der Waals surface area contributed by atoms with Crippen molar-refractivity contribution in [1.82, 2.24) is 4.57 Å². The zero-order chi connectivity index (χ0) is 23.5. The lowest BCUT2D eigenvalue weighted by molar-refractivity contribution is 0.0988. The van der Waals surface area contributed by atoms with Crippen LogP contribution in [-0.4, -0.2) is 28.7 Å². The molecule has 0 aliphatic carbocycles.